The fraction of sp³-hybridized carbons (Fsp3) is 0.410. The predicted octanol–water partition coefficient (Wildman–Crippen LogP) is 14.6. The molecule has 34 heteroatoms. The zero-order valence-electron chi connectivity index (χ0n) is 78.9. The zero-order valence-corrected chi connectivity index (χ0v) is 81.9. The molecule has 13 aliphatic rings. The van der Waals surface area contributed by atoms with Crippen molar-refractivity contribution in [2.24, 2.45) is 13.0 Å². The second kappa shape index (κ2) is 38.5. The van der Waals surface area contributed by atoms with Crippen LogP contribution in [0.25, 0.3) is 28.1 Å². The van der Waals surface area contributed by atoms with Gasteiger partial charge in [-0.2, -0.15) is 21.6 Å². The molecule has 1 atom stereocenters. The lowest BCUT2D eigenvalue weighted by molar-refractivity contribution is -0.671. The summed E-state index contributed by atoms with van der Waals surface area (Å²) < 4.78 is 75.0. The molecule has 1 unspecified atom stereocenters. The smallest absolute Gasteiger partial charge is 0.534 e. The number of aromatic nitrogens is 3. The average molecular weight is 2030 g/mol. The van der Waals surface area contributed by atoms with E-state index in [1.165, 1.54) is 60.5 Å². The highest BCUT2D eigenvalue weighted by atomic mass is 127. The molecule has 0 bridgehead atoms. The average Bonchev–Trinajstić information content (AvgIpc) is 1.59. The van der Waals surface area contributed by atoms with E-state index in [1.807, 2.05) is 69.9 Å². The highest BCUT2D eigenvalue weighted by molar-refractivity contribution is 7.87. The Bertz CT molecular complexity index is 6660. The minimum absolute atomic E-state index is 0. The van der Waals surface area contributed by atoms with Gasteiger partial charge in [0.2, 0.25) is 0 Å². The number of alkyl halides is 3. The molecule has 28 nitrogen and oxygen atoms in total. The van der Waals surface area contributed by atoms with Gasteiger partial charge in [-0.3, -0.25) is 74.4 Å². The highest BCUT2D eigenvalue weighted by Gasteiger charge is 2.60. The summed E-state index contributed by atoms with van der Waals surface area (Å²) in [5, 5.41) is 45.8. The van der Waals surface area contributed by atoms with Crippen LogP contribution < -0.4 is 39.7 Å². The lowest BCUT2D eigenvalue weighted by Gasteiger charge is -2.38. The topological polar surface area (TPSA) is 382 Å². The number of nitrogen functional groups attached to an aromatic ring is 1. The number of ketones is 5. The van der Waals surface area contributed by atoms with Crippen LogP contribution in [-0.4, -0.2) is 141 Å². The number of likely N-dealkylation sites (tertiary alicyclic amines) is 1. The first kappa shape index (κ1) is 101. The number of aryl methyl sites for hydroxylation is 1. The molecule has 139 heavy (non-hydrogen) atoms. The number of carbonyl (C=O) groups excluding carboxylic acids is 5. The first-order valence-electron chi connectivity index (χ1n) is 46.7. The second-order valence-electron chi connectivity index (χ2n) is 40.0. The van der Waals surface area contributed by atoms with E-state index in [9.17, 15) is 86.0 Å². The summed E-state index contributed by atoms with van der Waals surface area (Å²) in [7, 11) is -0.210. The number of benzene rings is 5. The second-order valence-corrected chi connectivity index (χ2v) is 41.5. The number of anilines is 1. The minimum atomic E-state index is -5.67. The number of non-ortho nitro benzene ring substituents is 4. The Morgan fingerprint density at radius 2 is 0.899 bits per heavy atom. The molecular formula is C105H111BF3IN10O18S. The Morgan fingerprint density at radius 3 is 1.28 bits per heavy atom. The van der Waals surface area contributed by atoms with Crippen LogP contribution in [-0.2, 0) is 114 Å². The van der Waals surface area contributed by atoms with E-state index in [2.05, 4.69) is 89.1 Å². The van der Waals surface area contributed by atoms with Gasteiger partial charge in [-0.25, -0.2) is 4.57 Å². The molecule has 3 aliphatic heterocycles. The first-order chi connectivity index (χ1) is 65.2. The number of hydrogen-bond acceptors (Lipinski definition) is 23. The minimum Gasteiger partial charge on any atom is -1.00 e. The summed E-state index contributed by atoms with van der Waals surface area (Å²) in [5.74, 6) is 1.02. The molecule has 2 saturated heterocycles. The number of piperidine rings is 1. The molecule has 2 N–H and O–H groups in total. The normalized spacial score (nSPS) is 20.2. The number of fused-ring (bicyclic) bond motifs is 10. The molecular weight excluding hydrogens is 1920 g/mol. The van der Waals surface area contributed by atoms with Crippen LogP contribution in [0.1, 0.15) is 238 Å². The van der Waals surface area contributed by atoms with Gasteiger partial charge in [-0.15, -0.1) is 0 Å². The number of nitro benzene ring substituents is 4. The maximum Gasteiger partial charge on any atom is 0.534 e. The van der Waals surface area contributed by atoms with Gasteiger partial charge in [0.1, 0.15) is 41.7 Å². The SMILES string of the molecule is C=C(C1=CCCN(C)C1)c1cc([N+](=O)[O-])cc2c1CC(=O)C21CCC1.C=C(OS(=O)(=O)C(F)(F)F)c1cccnc1.C=C(c1cc(N)cc2c1CC(=O)C21CCC1)C1CCCN(C)C1.C=C(c1ccc[n+](C)c1)c1cc([N+](=O)[O-])cc2c1CC(=O)C21CCC1.C=C(c1cccnc1)c1cc([N+](=O)[O-])cc2c1CC(=O)C21CCC1.CC1(C)OB(c2cc([N+](=O)[O-])cc3c2CC(=O)C32CCC2)OC1(C)C.[I-]. The first-order valence-corrected chi connectivity index (χ1v) is 48.1. The summed E-state index contributed by atoms with van der Waals surface area (Å²) in [6, 6.07) is 27.0. The van der Waals surface area contributed by atoms with E-state index in [0.717, 1.165) is 223 Å². The highest BCUT2D eigenvalue weighted by Crippen LogP contribution is 2.59. The molecule has 8 aromatic rings. The number of likely N-dealkylation sites (N-methyl/N-ethyl adjacent to an activating group) is 1. The summed E-state index contributed by atoms with van der Waals surface area (Å²) in [5.41, 5.74) is 18.2. The molecule has 0 amide bonds. The van der Waals surface area contributed by atoms with E-state index < -0.39 is 71.2 Å². The van der Waals surface area contributed by atoms with Crippen molar-refractivity contribution >= 4 is 108 Å². The van der Waals surface area contributed by atoms with Gasteiger partial charge in [0.05, 0.1) is 58.0 Å². The largest absolute Gasteiger partial charge is 1.00 e. The van der Waals surface area contributed by atoms with Gasteiger partial charge in [0.25, 0.3) is 22.7 Å². The predicted molar refractivity (Wildman–Crippen MR) is 516 cm³/mol. The Kier molecular flexibility index (Phi) is 28.1. The third-order valence-corrected chi connectivity index (χ3v) is 32.5. The van der Waals surface area contributed by atoms with E-state index in [-0.39, 0.29) is 90.7 Å². The van der Waals surface area contributed by atoms with Crippen LogP contribution in [0.2, 0.25) is 0 Å². The molecule has 21 rings (SSSR count). The van der Waals surface area contributed by atoms with Crippen molar-refractivity contribution in [3.8, 4) is 0 Å². The van der Waals surface area contributed by atoms with Crippen molar-refractivity contribution in [1.82, 2.24) is 19.8 Å². The number of carbonyl (C=O) groups is 5. The Labute approximate surface area is 821 Å². The lowest BCUT2D eigenvalue weighted by Crippen LogP contribution is -3.00. The maximum atomic E-state index is 12.7. The fourth-order valence-electron chi connectivity index (χ4n) is 22.3. The summed E-state index contributed by atoms with van der Waals surface area (Å²) in [6.07, 6.45) is 30.7. The molecule has 6 heterocycles. The van der Waals surface area contributed by atoms with Gasteiger partial charge in [0, 0.05) is 154 Å². The van der Waals surface area contributed by atoms with Gasteiger partial charge in [0.15, 0.2) is 12.4 Å². The van der Waals surface area contributed by atoms with Crippen LogP contribution in [0.5, 0.6) is 0 Å². The van der Waals surface area contributed by atoms with E-state index >= 15 is 0 Å². The quantitative estimate of drug-likeness (QED) is 0.0108. The molecule has 5 spiro atoms. The van der Waals surface area contributed by atoms with Crippen molar-refractivity contribution < 1.29 is 107 Å². The van der Waals surface area contributed by atoms with E-state index in [4.69, 9.17) is 15.0 Å². The summed E-state index contributed by atoms with van der Waals surface area (Å²) in [6.45, 7) is 31.9. The number of halogens is 4. The molecule has 7 fully saturated rings. The number of rotatable bonds is 16. The fourth-order valence-corrected chi connectivity index (χ4v) is 22.7. The molecule has 726 valence electrons. The maximum absolute atomic E-state index is 12.7. The third kappa shape index (κ3) is 18.5. The molecule has 10 aliphatic carbocycles. The Balaban J connectivity index is 0.000000127. The molecule has 5 saturated carbocycles. The van der Waals surface area contributed by atoms with Crippen molar-refractivity contribution in [2.45, 2.75) is 219 Å². The zero-order chi connectivity index (χ0) is 99.2. The van der Waals surface area contributed by atoms with Crippen LogP contribution in [0.3, 0.4) is 0 Å². The van der Waals surface area contributed by atoms with E-state index in [0.29, 0.717) is 60.4 Å². The van der Waals surface area contributed by atoms with Crippen LogP contribution in [0.15, 0.2) is 179 Å². The number of pyridine rings is 3. The van der Waals surface area contributed by atoms with Crippen molar-refractivity contribution in [3.05, 3.63) is 314 Å². The lowest BCUT2D eigenvalue weighted by atomic mass is 9.63. The van der Waals surface area contributed by atoms with Gasteiger partial charge in [-0.1, -0.05) is 77.1 Å². The van der Waals surface area contributed by atoms with E-state index in [1.54, 1.807) is 60.9 Å². The van der Waals surface area contributed by atoms with Gasteiger partial charge < -0.3 is 53.0 Å². The van der Waals surface area contributed by atoms with Gasteiger partial charge in [-0.05, 0) is 285 Å². The number of nitro groups is 4. The molecule has 3 aromatic heterocycles. The summed E-state index contributed by atoms with van der Waals surface area (Å²) >= 11 is 0. The monoisotopic (exact) mass is 2030 g/mol. The number of hydrogen-bond donors (Lipinski definition) is 1. The summed E-state index contributed by atoms with van der Waals surface area (Å²) in [4.78, 5) is 120. The van der Waals surface area contributed by atoms with Crippen molar-refractivity contribution in [3.63, 3.8) is 0 Å². The standard InChI is InChI=1S/C20H22N2O3.C20H19N2O3.C20H26N2O.C19H16N2O3.C18H22BNO5.C8H6F3NO3S.HI/c2*1-13(14-5-3-8-21(2)12-14)16-9-15(22(24)25)10-18-17(16)11-19(23)20(18)6-4-7-20;1-13(14-5-3-8-22(2)12-14)16-9-15(21)10-18-17(16)11-19(23)20(18)6-4-7-20;1-12(13-4-2-7-20-11-13)15-8-14(21(23)24)9-17-16(15)10-18(22)19(17)5-3-6-19;1-16(2)17(3,4)25-19(24-16)14-9-11(20(22)23)8-13-12(14)10-15(21)18(13)6-5-7-18;1-6(7-3-2-4-12-5-7)15-16(13,14)8(9,10)11;/h5,9-10H,1,3-4,6-8,11-12H2,2H3;3,5,8-10,12H,1,4,6-7,11H2,2H3;9-10,14H,1,3-8,11-12,21H2,2H3;2,4,7-9,11H,1,3,5-6,10H2;8-9H,5-7,10H2,1-4H3;2-5H,1H2;1H/q;+1;;;;;/p-1. The van der Waals surface area contributed by atoms with Crippen molar-refractivity contribution in [1.29, 1.82) is 0 Å². The van der Waals surface area contributed by atoms with Gasteiger partial charge >= 0.3 is 22.7 Å². The number of Topliss-reactive ketones (excluding diaryl/α,β-unsaturated/α-hetero) is 5. The van der Waals surface area contributed by atoms with Crippen LogP contribution in [0, 0.1) is 46.4 Å². The molecule has 0 radical (unpaired) electrons. The molecule has 5 aromatic carbocycles. The number of nitrogens with two attached hydrogens (primary N) is 1. The van der Waals surface area contributed by atoms with Crippen LogP contribution >= 0.6 is 0 Å². The van der Waals surface area contributed by atoms with Crippen molar-refractivity contribution in [2.75, 3.05) is 46.0 Å². The number of nitrogens with zero attached hydrogens (tertiary/aromatic N) is 9. The Morgan fingerprint density at radius 1 is 0.518 bits per heavy atom. The Hall–Kier alpha value is -12.1. The van der Waals surface area contributed by atoms with Crippen LogP contribution in [0.4, 0.5) is 41.6 Å². The third-order valence-electron chi connectivity index (χ3n) is 31.5.